The van der Waals surface area contributed by atoms with Crippen LogP contribution in [0, 0.1) is 24.7 Å². The van der Waals surface area contributed by atoms with Gasteiger partial charge in [-0.1, -0.05) is 88.8 Å². The molecule has 0 spiro atoms. The minimum atomic E-state index is -5.81. The molecule has 4 aromatic rings. The number of nitrogens with one attached hydrogen (secondary N) is 5. The molecule has 2 aromatic heterocycles. The number of nitrogens with two attached hydrogens (primary N) is 1. The van der Waals surface area contributed by atoms with Crippen molar-refractivity contribution in [2.24, 2.45) is 10.9 Å². The van der Waals surface area contributed by atoms with Crippen LogP contribution in [0.3, 0.4) is 0 Å². The van der Waals surface area contributed by atoms with E-state index >= 15 is 0 Å². The number of aromatic nitrogens is 3. The minimum absolute atomic E-state index is 0.00414. The summed E-state index contributed by atoms with van der Waals surface area (Å²) in [5, 5.41) is 51.4. The van der Waals surface area contributed by atoms with Crippen LogP contribution in [0.4, 0.5) is 5.82 Å². The Morgan fingerprint density at radius 3 is 2.09 bits per heavy atom. The summed E-state index contributed by atoms with van der Waals surface area (Å²) >= 11 is 0. The molecule has 15 N–H and O–H groups in total. The van der Waals surface area contributed by atoms with Crippen molar-refractivity contribution >= 4 is 121 Å². The first-order valence-corrected chi connectivity index (χ1v) is 44.9. The summed E-state index contributed by atoms with van der Waals surface area (Å²) in [5.74, 6) is -2.27. The predicted molar refractivity (Wildman–Crippen MR) is 430 cm³/mol. The molecule has 8 unspecified atom stereocenters. The van der Waals surface area contributed by atoms with E-state index in [0.717, 1.165) is 42.4 Å². The maximum Gasteiger partial charge on any atom is 0.490 e. The van der Waals surface area contributed by atoms with Crippen LogP contribution >= 0.6 is 45.1 Å². The molecule has 1 saturated heterocycles. The lowest BCUT2D eigenvalue weighted by Crippen LogP contribution is -2.56. The third-order valence-electron chi connectivity index (χ3n) is 18.5. The SMILES string of the molecule is CCCc1cc2c(cc1C)C(c1ccccc1C(=O)N(C)CCCC(=O)NCCOCCOCCOCCOCCC(=O)NC(CCCSSCCC(=O)NCC#Cc1cn([C@H]3CC(O)[C@@H](COP(=O)(O)OP(=O)(O)OP(=O)(O)O)O3)c3ncnc(N)c13)C(=O)NC(CC(=O)O)C(=O)NC(CC(=O)O)C(=O)O)C1C=C(C)C(=NCC)C=C1C2. The number of aryl methyl sites for hydroxylation is 2. The second kappa shape index (κ2) is 47.6. The quantitative estimate of drug-likeness (QED) is 0.0125. The topological polar surface area (TPSA) is 573 Å². The Hall–Kier alpha value is -8.33. The number of rotatable bonds is 51. The van der Waals surface area contributed by atoms with Crippen molar-refractivity contribution in [2.45, 2.75) is 147 Å². The lowest BCUT2D eigenvalue weighted by atomic mass is 9.65. The fraction of sp³-hybridized carbons (Fsp3) is 0.541. The van der Waals surface area contributed by atoms with E-state index < -0.39 is 115 Å². The second-order valence-corrected chi connectivity index (χ2v) is 34.5. The standard InChI is InChI=1S/C74H102N11O28P3S2/c1-6-13-47-36-49-37-50-38-56(76-7-2)46(4)35-54(50)68(53(49)34-45(47)3)51-15-8-9-16-52(51)73(96)84(5)23-11-18-61(87)78-22-25-107-27-29-109-31-30-108-28-26-106-24-19-63(89)81-55(71(94)82-57(39-65(90)91)72(95)83-58(74(97)98)40-66(92)93)17-12-32-117-118-33-20-62(88)77-21-10-14-48-42-85(70-67(48)69(75)79-44-80-70)64-41-59(86)60(111-64)43-110-115(102,103)113-116(104,105)112-114(99,100)101/h8-9,15-16,34-36,38,42,44,54-55,57-60,64,68,86H,6-7,11-13,17-33,37,39-41,43H2,1-5H3,(H,77,88)(H,78,87)(H,81,89)(H,82,94)(H,83,95)(H,90,91)(H,92,93)(H,97,98)(H,102,103)(H,104,105)(H2,75,79,80)(H2,99,100,101)/t54?,55?,57?,58?,59?,60-,64-,68?/m1/s1. The van der Waals surface area contributed by atoms with Crippen molar-refractivity contribution in [3.63, 3.8) is 0 Å². The number of hydrogen-bond acceptors (Lipinski definition) is 27. The molecule has 6 amide bonds. The maximum atomic E-state index is 14.3. The Labute approximate surface area is 688 Å². The molecular formula is C74H102N11O28P3S2. The van der Waals surface area contributed by atoms with Crippen LogP contribution in [-0.2, 0) is 102 Å². The number of carbonyl (C=O) groups excluding carboxylic acids is 6. The number of fused-ring (bicyclic) bond motifs is 3. The number of ether oxygens (including phenoxy) is 5. The molecule has 10 atom stereocenters. The maximum absolute atomic E-state index is 14.3. The number of aliphatic carboxylic acids is 3. The van der Waals surface area contributed by atoms with Gasteiger partial charge < -0.3 is 105 Å². The highest BCUT2D eigenvalue weighted by Crippen LogP contribution is 2.66. The Morgan fingerprint density at radius 2 is 1.42 bits per heavy atom. The van der Waals surface area contributed by atoms with Crippen molar-refractivity contribution in [3.05, 3.63) is 111 Å². The third-order valence-corrected chi connectivity index (χ3v) is 24.8. The fourth-order valence-electron chi connectivity index (χ4n) is 13.0. The van der Waals surface area contributed by atoms with E-state index in [-0.39, 0.29) is 156 Å². The summed E-state index contributed by atoms with van der Waals surface area (Å²) in [5.41, 5.74) is 16.8. The van der Waals surface area contributed by atoms with E-state index in [2.05, 4.69) is 107 Å². The number of benzene rings is 2. The molecule has 0 radical (unpaired) electrons. The van der Waals surface area contributed by atoms with Crippen molar-refractivity contribution in [1.82, 2.24) is 46.0 Å². The Morgan fingerprint density at radius 1 is 0.763 bits per heavy atom. The number of allylic oxidation sites excluding steroid dienone is 4. The number of carboxylic acids is 3. The van der Waals surface area contributed by atoms with Gasteiger partial charge in [0, 0.05) is 87.5 Å². The number of nitrogens with zero attached hydrogens (tertiary/aromatic N) is 5. The number of anilines is 1. The van der Waals surface area contributed by atoms with Crippen LogP contribution in [-0.4, -0.2) is 253 Å². The van der Waals surface area contributed by atoms with Crippen LogP contribution in [0.5, 0.6) is 0 Å². The largest absolute Gasteiger partial charge is 0.490 e. The van der Waals surface area contributed by atoms with E-state index in [1.807, 2.05) is 30.4 Å². The van der Waals surface area contributed by atoms with Crippen LogP contribution in [0.1, 0.15) is 141 Å². The zero-order valence-electron chi connectivity index (χ0n) is 65.7. The van der Waals surface area contributed by atoms with Crippen molar-refractivity contribution in [2.75, 3.05) is 110 Å². The van der Waals surface area contributed by atoms with Crippen LogP contribution in [0.15, 0.2) is 77.2 Å². The molecule has 44 heteroatoms. The van der Waals surface area contributed by atoms with Crippen LogP contribution in [0.2, 0.25) is 0 Å². The lowest BCUT2D eigenvalue weighted by molar-refractivity contribution is -0.148. The number of hydrogen-bond donors (Lipinski definition) is 14. The average Bonchev–Trinajstić information content (AvgIpc) is 0.876. The molecule has 39 nitrogen and oxygen atoms in total. The summed E-state index contributed by atoms with van der Waals surface area (Å²) in [7, 11) is -12.6. The Kier molecular flexibility index (Phi) is 39.1. The fourth-order valence-corrected chi connectivity index (χ4v) is 18.1. The van der Waals surface area contributed by atoms with Gasteiger partial charge in [-0.3, -0.25) is 47.9 Å². The van der Waals surface area contributed by atoms with Gasteiger partial charge in [-0.25, -0.2) is 28.5 Å². The molecule has 2 aromatic carbocycles. The number of carboxylic acid groups (broad SMARTS) is 3. The molecule has 2 aliphatic carbocycles. The molecule has 0 saturated carbocycles. The highest BCUT2D eigenvalue weighted by atomic mass is 33.1. The van der Waals surface area contributed by atoms with Crippen molar-refractivity contribution < 1.29 is 134 Å². The average molecular weight is 1750 g/mol. The number of aliphatic imine (C=N–C) groups is 1. The van der Waals surface area contributed by atoms with Crippen LogP contribution in [0.25, 0.3) is 11.0 Å². The van der Waals surface area contributed by atoms with Gasteiger partial charge in [-0.2, -0.15) is 8.62 Å². The smallest absolute Gasteiger partial charge is 0.481 e. The van der Waals surface area contributed by atoms with Crippen molar-refractivity contribution in [1.29, 1.82) is 0 Å². The van der Waals surface area contributed by atoms with E-state index in [4.69, 9.17) is 49.3 Å². The predicted octanol–water partition coefficient (Wildman–Crippen LogP) is 4.55. The zero-order valence-corrected chi connectivity index (χ0v) is 70.0. The number of amides is 6. The monoisotopic (exact) mass is 1750 g/mol. The minimum Gasteiger partial charge on any atom is -0.481 e. The molecule has 3 aliphatic rings. The Balaban J connectivity index is 0.773. The molecule has 118 heavy (non-hydrogen) atoms. The number of nitrogen functional groups attached to an aromatic ring is 1. The lowest BCUT2D eigenvalue weighted by Gasteiger charge is -2.38. The number of aliphatic hydroxyl groups is 1. The first kappa shape index (κ1) is 96.8. The number of phosphoric acid groups is 3. The van der Waals surface area contributed by atoms with Gasteiger partial charge in [0.15, 0.2) is 0 Å². The second-order valence-electron chi connectivity index (χ2n) is 27.4. The zero-order chi connectivity index (χ0) is 86.3. The van der Waals surface area contributed by atoms with Gasteiger partial charge >= 0.3 is 41.4 Å². The van der Waals surface area contributed by atoms with Gasteiger partial charge in [-0.05, 0) is 98.4 Å². The van der Waals surface area contributed by atoms with Crippen LogP contribution < -0.4 is 32.3 Å². The molecule has 3 heterocycles. The first-order chi connectivity index (χ1) is 56.1. The molecule has 0 bridgehead atoms. The van der Waals surface area contributed by atoms with Gasteiger partial charge in [0.2, 0.25) is 29.5 Å². The molecule has 7 rings (SSSR count). The Bertz CT molecular complexity index is 4520. The van der Waals surface area contributed by atoms with Crippen molar-refractivity contribution in [3.8, 4) is 11.8 Å². The number of aliphatic hydroxyl groups excluding tert-OH is 1. The molecule has 648 valence electrons. The summed E-state index contributed by atoms with van der Waals surface area (Å²) in [6, 6.07) is 7.34. The number of carbonyl (C=O) groups is 9. The highest BCUT2D eigenvalue weighted by Gasteiger charge is 2.44. The van der Waals surface area contributed by atoms with E-state index in [9.17, 15) is 82.0 Å². The van der Waals surface area contributed by atoms with Gasteiger partial charge in [-0.15, -0.1) is 0 Å². The molecule has 1 fully saturated rings. The molecule has 1 aliphatic heterocycles. The van der Waals surface area contributed by atoms with E-state index in [1.54, 1.807) is 11.9 Å². The summed E-state index contributed by atoms with van der Waals surface area (Å²) in [6.45, 7) is 10.0. The summed E-state index contributed by atoms with van der Waals surface area (Å²) < 4.78 is 76.6. The molecular weight excluding hydrogens is 1650 g/mol. The summed E-state index contributed by atoms with van der Waals surface area (Å²) in [6.07, 6.45) is 4.58. The summed E-state index contributed by atoms with van der Waals surface area (Å²) in [4.78, 5) is 167. The number of phosphoric ester groups is 1. The van der Waals surface area contributed by atoms with Gasteiger partial charge in [0.1, 0.15) is 48.2 Å². The third kappa shape index (κ3) is 31.4. The highest BCUT2D eigenvalue weighted by molar-refractivity contribution is 8.76. The first-order valence-electron chi connectivity index (χ1n) is 37.8. The normalized spacial score (nSPS) is 18.5. The van der Waals surface area contributed by atoms with E-state index in [1.165, 1.54) is 60.2 Å². The van der Waals surface area contributed by atoms with Gasteiger partial charge in [0.05, 0.1) is 102 Å². The van der Waals surface area contributed by atoms with E-state index in [0.29, 0.717) is 36.6 Å². The van der Waals surface area contributed by atoms with Gasteiger partial charge in [0.25, 0.3) is 5.91 Å².